The van der Waals surface area contributed by atoms with Gasteiger partial charge in [-0.2, -0.15) is 13.2 Å². The fourth-order valence-corrected chi connectivity index (χ4v) is 4.45. The van der Waals surface area contributed by atoms with E-state index in [9.17, 15) is 23.1 Å². The number of aromatic nitrogens is 1. The first kappa shape index (κ1) is 21.4. The van der Waals surface area contributed by atoms with Gasteiger partial charge in [-0.3, -0.25) is 0 Å². The first-order chi connectivity index (χ1) is 14.7. The van der Waals surface area contributed by atoms with E-state index in [1.165, 1.54) is 18.3 Å². The topological polar surface area (TPSA) is 71.9 Å². The number of ether oxygens (including phenoxy) is 2. The number of benzene rings is 1. The number of amides is 1. The number of piperidine rings is 1. The van der Waals surface area contributed by atoms with Crippen molar-refractivity contribution in [3.05, 3.63) is 59.8 Å². The average Bonchev–Trinajstić information content (AvgIpc) is 3.03. The Morgan fingerprint density at radius 2 is 1.81 bits per heavy atom. The number of fused-ring (bicyclic) bond motifs is 2. The van der Waals surface area contributed by atoms with Crippen molar-refractivity contribution >= 4 is 6.09 Å². The van der Waals surface area contributed by atoms with Crippen LogP contribution in [0.25, 0.3) is 0 Å². The Morgan fingerprint density at radius 1 is 1.13 bits per heavy atom. The third-order valence-electron chi connectivity index (χ3n) is 5.84. The van der Waals surface area contributed by atoms with Crippen molar-refractivity contribution in [2.75, 3.05) is 6.61 Å². The normalized spacial score (nSPS) is 25.4. The minimum Gasteiger partial charge on any atom is -0.468 e. The summed E-state index contributed by atoms with van der Waals surface area (Å²) < 4.78 is 47.0. The van der Waals surface area contributed by atoms with Crippen LogP contribution in [0.15, 0.2) is 48.7 Å². The van der Waals surface area contributed by atoms with Crippen molar-refractivity contribution in [3.8, 4) is 5.88 Å². The molecule has 4 rings (SSSR count). The van der Waals surface area contributed by atoms with E-state index in [4.69, 9.17) is 4.74 Å². The van der Waals surface area contributed by atoms with Gasteiger partial charge in [0.1, 0.15) is 6.61 Å². The Morgan fingerprint density at radius 3 is 2.39 bits per heavy atom. The van der Waals surface area contributed by atoms with Gasteiger partial charge in [-0.05, 0) is 24.5 Å². The lowest BCUT2D eigenvalue weighted by Gasteiger charge is -2.43. The average molecular weight is 436 g/mol. The molecular formula is C22H23F3N2O4. The standard InChI is InChI=1S/C22H23F3N2O4/c23-22(24,25)14-31-19-9-6-16(12-26-19)21(29)10-17-7-8-18(11-21)27(17)20(28)30-13-15-4-2-1-3-5-15/h1-6,9,12,17-18,29H,7-8,10-11,13-14H2. The number of pyridine rings is 1. The first-order valence-corrected chi connectivity index (χ1v) is 10.1. The second-order valence-electron chi connectivity index (χ2n) is 8.06. The molecule has 2 fully saturated rings. The molecule has 1 amide bonds. The molecule has 166 valence electrons. The van der Waals surface area contributed by atoms with Crippen LogP contribution in [0, 0.1) is 0 Å². The lowest BCUT2D eigenvalue weighted by Crippen LogP contribution is -2.52. The molecule has 0 saturated carbocycles. The second-order valence-corrected chi connectivity index (χ2v) is 8.06. The number of halogens is 3. The summed E-state index contributed by atoms with van der Waals surface area (Å²) in [6, 6.07) is 11.9. The third-order valence-corrected chi connectivity index (χ3v) is 5.84. The molecule has 2 bridgehead atoms. The Hall–Kier alpha value is -2.81. The van der Waals surface area contributed by atoms with Gasteiger partial charge in [0, 0.05) is 42.8 Å². The SMILES string of the molecule is O=C(OCc1ccccc1)N1C2CCC1CC(O)(c1ccc(OCC(F)(F)F)nc1)C2. The molecule has 2 atom stereocenters. The van der Waals surface area contributed by atoms with Gasteiger partial charge >= 0.3 is 12.3 Å². The largest absolute Gasteiger partial charge is 0.468 e. The Kier molecular flexibility index (Phi) is 5.79. The quantitative estimate of drug-likeness (QED) is 0.762. The fraction of sp³-hybridized carbons (Fsp3) is 0.455. The van der Waals surface area contributed by atoms with Crippen LogP contribution in [0.5, 0.6) is 5.88 Å². The maximum atomic E-state index is 12.7. The highest BCUT2D eigenvalue weighted by Crippen LogP contribution is 2.46. The highest BCUT2D eigenvalue weighted by atomic mass is 19.4. The van der Waals surface area contributed by atoms with Crippen molar-refractivity contribution in [1.29, 1.82) is 0 Å². The molecule has 1 aromatic carbocycles. The molecule has 0 aliphatic carbocycles. The van der Waals surface area contributed by atoms with Crippen LogP contribution in [0.2, 0.25) is 0 Å². The zero-order valence-electron chi connectivity index (χ0n) is 16.7. The van der Waals surface area contributed by atoms with Gasteiger partial charge in [-0.1, -0.05) is 30.3 Å². The molecular weight excluding hydrogens is 413 g/mol. The summed E-state index contributed by atoms with van der Waals surface area (Å²) in [6.07, 6.45) is -1.36. The maximum absolute atomic E-state index is 12.7. The zero-order chi connectivity index (χ0) is 22.1. The van der Waals surface area contributed by atoms with Crippen LogP contribution in [0.1, 0.15) is 36.8 Å². The van der Waals surface area contributed by atoms with E-state index in [-0.39, 0.29) is 24.6 Å². The molecule has 2 aromatic rings. The number of carbonyl (C=O) groups is 1. The van der Waals surface area contributed by atoms with Gasteiger partial charge in [0.2, 0.25) is 5.88 Å². The van der Waals surface area contributed by atoms with E-state index in [1.807, 2.05) is 30.3 Å². The molecule has 2 aliphatic rings. The van der Waals surface area contributed by atoms with E-state index in [2.05, 4.69) is 9.72 Å². The minimum atomic E-state index is -4.44. The summed E-state index contributed by atoms with van der Waals surface area (Å²) >= 11 is 0. The summed E-state index contributed by atoms with van der Waals surface area (Å²) in [5, 5.41) is 11.2. The Labute approximate surface area is 177 Å². The molecule has 3 heterocycles. The summed E-state index contributed by atoms with van der Waals surface area (Å²) in [5.41, 5.74) is 0.189. The van der Waals surface area contributed by atoms with Crippen LogP contribution in [0.4, 0.5) is 18.0 Å². The molecule has 2 aliphatic heterocycles. The van der Waals surface area contributed by atoms with E-state index in [0.29, 0.717) is 18.4 Å². The molecule has 0 spiro atoms. The number of alkyl halides is 3. The summed E-state index contributed by atoms with van der Waals surface area (Å²) in [6.45, 7) is -1.24. The van der Waals surface area contributed by atoms with Gasteiger partial charge in [-0.15, -0.1) is 0 Å². The van der Waals surface area contributed by atoms with Crippen LogP contribution < -0.4 is 4.74 Å². The van der Waals surface area contributed by atoms with Crippen molar-refractivity contribution in [3.63, 3.8) is 0 Å². The number of hydrogen-bond acceptors (Lipinski definition) is 5. The van der Waals surface area contributed by atoms with Gasteiger partial charge in [-0.25, -0.2) is 9.78 Å². The second kappa shape index (κ2) is 8.37. The predicted molar refractivity (Wildman–Crippen MR) is 104 cm³/mol. The van der Waals surface area contributed by atoms with Crippen LogP contribution in [-0.4, -0.2) is 46.0 Å². The summed E-state index contributed by atoms with van der Waals surface area (Å²) in [7, 11) is 0. The number of hydrogen-bond donors (Lipinski definition) is 1. The molecule has 6 nitrogen and oxygen atoms in total. The lowest BCUT2D eigenvalue weighted by atomic mass is 9.81. The zero-order valence-corrected chi connectivity index (χ0v) is 16.7. The molecule has 31 heavy (non-hydrogen) atoms. The Bertz CT molecular complexity index is 891. The van der Waals surface area contributed by atoms with Crippen LogP contribution >= 0.6 is 0 Å². The molecule has 2 unspecified atom stereocenters. The fourth-order valence-electron chi connectivity index (χ4n) is 4.45. The number of nitrogens with zero attached hydrogens (tertiary/aromatic N) is 2. The Balaban J connectivity index is 1.39. The van der Waals surface area contributed by atoms with Gasteiger partial charge in [0.05, 0.1) is 5.60 Å². The van der Waals surface area contributed by atoms with E-state index >= 15 is 0 Å². The smallest absolute Gasteiger partial charge is 0.422 e. The number of aliphatic hydroxyl groups is 1. The molecule has 1 N–H and O–H groups in total. The van der Waals surface area contributed by atoms with Gasteiger partial charge in [0.25, 0.3) is 0 Å². The first-order valence-electron chi connectivity index (χ1n) is 10.1. The molecule has 1 aromatic heterocycles. The van der Waals surface area contributed by atoms with Crippen molar-refractivity contribution in [1.82, 2.24) is 9.88 Å². The van der Waals surface area contributed by atoms with Gasteiger partial charge < -0.3 is 19.5 Å². The van der Waals surface area contributed by atoms with E-state index in [0.717, 1.165) is 18.4 Å². The highest BCUT2D eigenvalue weighted by molar-refractivity contribution is 5.69. The third kappa shape index (κ3) is 4.92. The lowest BCUT2D eigenvalue weighted by molar-refractivity contribution is -0.154. The summed E-state index contributed by atoms with van der Waals surface area (Å²) in [5.74, 6) is -0.158. The van der Waals surface area contributed by atoms with Crippen LogP contribution in [-0.2, 0) is 16.9 Å². The monoisotopic (exact) mass is 436 g/mol. The number of rotatable bonds is 5. The molecule has 9 heteroatoms. The van der Waals surface area contributed by atoms with E-state index < -0.39 is 24.5 Å². The minimum absolute atomic E-state index is 0.158. The predicted octanol–water partition coefficient (Wildman–Crippen LogP) is 4.17. The van der Waals surface area contributed by atoms with E-state index in [1.54, 1.807) is 4.90 Å². The molecule has 2 saturated heterocycles. The van der Waals surface area contributed by atoms with Crippen molar-refractivity contribution in [2.45, 2.75) is 56.2 Å². The maximum Gasteiger partial charge on any atom is 0.422 e. The summed E-state index contributed by atoms with van der Waals surface area (Å²) in [4.78, 5) is 18.3. The van der Waals surface area contributed by atoms with Crippen molar-refractivity contribution in [2.24, 2.45) is 0 Å². The molecule has 0 radical (unpaired) electrons. The van der Waals surface area contributed by atoms with Crippen molar-refractivity contribution < 1.29 is 32.5 Å². The number of carbonyl (C=O) groups excluding carboxylic acids is 1. The van der Waals surface area contributed by atoms with Crippen LogP contribution in [0.3, 0.4) is 0 Å². The highest BCUT2D eigenvalue weighted by Gasteiger charge is 2.50. The van der Waals surface area contributed by atoms with Gasteiger partial charge in [0.15, 0.2) is 6.61 Å².